The van der Waals surface area contributed by atoms with Crippen molar-refractivity contribution in [3.8, 4) is 0 Å². The quantitative estimate of drug-likeness (QED) is 0.851. The van der Waals surface area contributed by atoms with E-state index in [-0.39, 0.29) is 22.0 Å². The van der Waals surface area contributed by atoms with Crippen LogP contribution in [0.15, 0.2) is 27.6 Å². The van der Waals surface area contributed by atoms with Crippen molar-refractivity contribution < 1.29 is 8.42 Å². The zero-order valence-corrected chi connectivity index (χ0v) is 15.3. The Morgan fingerprint density at radius 1 is 1.38 bits per heavy atom. The maximum Gasteiger partial charge on any atom is 0.244 e. The average Bonchev–Trinajstić information content (AvgIpc) is 2.46. The molecule has 1 heterocycles. The fourth-order valence-electron chi connectivity index (χ4n) is 2.56. The summed E-state index contributed by atoms with van der Waals surface area (Å²) in [6.45, 7) is 5.23. The second-order valence-corrected chi connectivity index (χ2v) is 8.41. The molecule has 1 aromatic carbocycles. The first-order valence-electron chi connectivity index (χ1n) is 7.10. The summed E-state index contributed by atoms with van der Waals surface area (Å²) >= 11 is 9.45. The predicted molar refractivity (Wildman–Crippen MR) is 89.2 cm³/mol. The van der Waals surface area contributed by atoms with Gasteiger partial charge in [-0.05, 0) is 31.0 Å². The van der Waals surface area contributed by atoms with Crippen LogP contribution in [0.5, 0.6) is 0 Å². The molecule has 4 nitrogen and oxygen atoms in total. The molecule has 1 aromatic rings. The molecule has 2 atom stereocenters. The number of sulfonamides is 1. The van der Waals surface area contributed by atoms with Crippen LogP contribution in [0, 0.1) is 0 Å². The Hall–Kier alpha value is -0.140. The molecule has 0 amide bonds. The standard InChI is InChI=1S/C14H20BrClN2O2S/c1-3-11-9-18(12(4-2)8-17-11)21(19,20)14-6-5-10(15)7-13(14)16/h5-7,11-12,17H,3-4,8-9H2,1-2H3. The zero-order chi connectivity index (χ0) is 15.6. The normalized spacial score (nSPS) is 24.2. The van der Waals surface area contributed by atoms with Gasteiger partial charge in [0.05, 0.1) is 5.02 Å². The molecule has 2 rings (SSSR count). The third kappa shape index (κ3) is 3.62. The lowest BCUT2D eigenvalue weighted by molar-refractivity contribution is 0.215. The highest BCUT2D eigenvalue weighted by Gasteiger charge is 2.36. The van der Waals surface area contributed by atoms with Crippen molar-refractivity contribution in [2.45, 2.75) is 43.7 Å². The second kappa shape index (κ2) is 6.96. The van der Waals surface area contributed by atoms with Gasteiger partial charge in [-0.15, -0.1) is 0 Å². The summed E-state index contributed by atoms with van der Waals surface area (Å²) in [4.78, 5) is 0.183. The molecule has 21 heavy (non-hydrogen) atoms. The molecule has 0 aromatic heterocycles. The van der Waals surface area contributed by atoms with Gasteiger partial charge in [0.25, 0.3) is 0 Å². The molecular formula is C14H20BrClN2O2S. The van der Waals surface area contributed by atoms with E-state index in [9.17, 15) is 8.42 Å². The first kappa shape index (κ1) is 17.2. The third-order valence-electron chi connectivity index (χ3n) is 3.89. The SMILES string of the molecule is CCC1CN(S(=O)(=O)c2ccc(Br)cc2Cl)C(CC)CN1. The molecule has 1 fully saturated rings. The van der Waals surface area contributed by atoms with Crippen LogP contribution < -0.4 is 5.32 Å². The Kier molecular flexibility index (Phi) is 5.71. The van der Waals surface area contributed by atoms with Crippen molar-refractivity contribution in [2.75, 3.05) is 13.1 Å². The van der Waals surface area contributed by atoms with E-state index in [0.717, 1.165) is 17.3 Å². The Labute approximate surface area is 140 Å². The number of nitrogens with one attached hydrogen (secondary N) is 1. The van der Waals surface area contributed by atoms with Crippen LogP contribution in [-0.2, 0) is 10.0 Å². The van der Waals surface area contributed by atoms with Crippen molar-refractivity contribution >= 4 is 37.6 Å². The smallest absolute Gasteiger partial charge is 0.244 e. The molecule has 1 aliphatic rings. The van der Waals surface area contributed by atoms with E-state index in [1.807, 2.05) is 6.92 Å². The molecule has 0 spiro atoms. The van der Waals surface area contributed by atoms with Crippen LogP contribution in [-0.4, -0.2) is 37.9 Å². The molecule has 7 heteroatoms. The third-order valence-corrected chi connectivity index (χ3v) is 6.79. The van der Waals surface area contributed by atoms with Crippen LogP contribution in [0.25, 0.3) is 0 Å². The van der Waals surface area contributed by atoms with Gasteiger partial charge in [0.15, 0.2) is 0 Å². The highest BCUT2D eigenvalue weighted by atomic mass is 79.9. The van der Waals surface area contributed by atoms with E-state index >= 15 is 0 Å². The van der Waals surface area contributed by atoms with Crippen LogP contribution >= 0.6 is 27.5 Å². The maximum atomic E-state index is 12.9. The summed E-state index contributed by atoms with van der Waals surface area (Å²) in [5, 5.41) is 3.66. The monoisotopic (exact) mass is 394 g/mol. The Bertz CT molecular complexity index is 609. The average molecular weight is 396 g/mol. The first-order valence-corrected chi connectivity index (χ1v) is 9.71. The molecule has 0 saturated carbocycles. The van der Waals surface area contributed by atoms with Gasteiger partial charge in [-0.1, -0.05) is 41.4 Å². The number of hydrogen-bond donors (Lipinski definition) is 1. The molecular weight excluding hydrogens is 376 g/mol. The summed E-state index contributed by atoms with van der Waals surface area (Å²) in [5.41, 5.74) is 0. The van der Waals surface area contributed by atoms with E-state index < -0.39 is 10.0 Å². The number of benzene rings is 1. The second-order valence-electron chi connectivity index (χ2n) is 5.22. The molecule has 118 valence electrons. The summed E-state index contributed by atoms with van der Waals surface area (Å²) in [6, 6.07) is 5.06. The fraction of sp³-hybridized carbons (Fsp3) is 0.571. The van der Waals surface area contributed by atoms with Gasteiger partial charge >= 0.3 is 0 Å². The topological polar surface area (TPSA) is 49.4 Å². The van der Waals surface area contributed by atoms with Gasteiger partial charge in [-0.2, -0.15) is 4.31 Å². The predicted octanol–water partition coefficient (Wildman–Crippen LogP) is 3.25. The molecule has 1 N–H and O–H groups in total. The number of halogens is 2. The fourth-order valence-corrected chi connectivity index (χ4v) is 5.32. The van der Waals surface area contributed by atoms with Gasteiger partial charge < -0.3 is 5.32 Å². The number of nitrogens with zero attached hydrogens (tertiary/aromatic N) is 1. The Balaban J connectivity index is 2.40. The van der Waals surface area contributed by atoms with Crippen LogP contribution in [0.4, 0.5) is 0 Å². The van der Waals surface area contributed by atoms with Crippen molar-refractivity contribution in [1.29, 1.82) is 0 Å². The van der Waals surface area contributed by atoms with Gasteiger partial charge in [-0.3, -0.25) is 0 Å². The van der Waals surface area contributed by atoms with Crippen molar-refractivity contribution in [3.63, 3.8) is 0 Å². The number of rotatable bonds is 4. The van der Waals surface area contributed by atoms with Crippen LogP contribution in [0.2, 0.25) is 5.02 Å². The first-order chi connectivity index (χ1) is 9.90. The van der Waals surface area contributed by atoms with Gasteiger partial charge in [0.1, 0.15) is 4.90 Å². The van der Waals surface area contributed by atoms with Gasteiger partial charge in [0.2, 0.25) is 10.0 Å². The minimum absolute atomic E-state index is 0.0301. The van der Waals surface area contributed by atoms with E-state index in [4.69, 9.17) is 11.6 Å². The van der Waals surface area contributed by atoms with Crippen LogP contribution in [0.3, 0.4) is 0 Å². The lowest BCUT2D eigenvalue weighted by atomic mass is 10.1. The van der Waals surface area contributed by atoms with E-state index in [2.05, 4.69) is 28.2 Å². The lowest BCUT2D eigenvalue weighted by Crippen LogP contribution is -2.57. The van der Waals surface area contributed by atoms with E-state index in [0.29, 0.717) is 13.1 Å². The number of piperazine rings is 1. The molecule has 0 bridgehead atoms. The molecule has 1 aliphatic heterocycles. The molecule has 0 radical (unpaired) electrons. The highest BCUT2D eigenvalue weighted by Crippen LogP contribution is 2.30. The van der Waals surface area contributed by atoms with Crippen molar-refractivity contribution in [1.82, 2.24) is 9.62 Å². The zero-order valence-electron chi connectivity index (χ0n) is 12.1. The Morgan fingerprint density at radius 2 is 2.10 bits per heavy atom. The van der Waals surface area contributed by atoms with Crippen LogP contribution in [0.1, 0.15) is 26.7 Å². The lowest BCUT2D eigenvalue weighted by Gasteiger charge is -2.39. The number of hydrogen-bond acceptors (Lipinski definition) is 3. The van der Waals surface area contributed by atoms with Crippen molar-refractivity contribution in [3.05, 3.63) is 27.7 Å². The van der Waals surface area contributed by atoms with E-state index in [1.165, 1.54) is 0 Å². The van der Waals surface area contributed by atoms with Gasteiger partial charge in [-0.25, -0.2) is 8.42 Å². The van der Waals surface area contributed by atoms with Crippen molar-refractivity contribution in [2.24, 2.45) is 0 Å². The minimum Gasteiger partial charge on any atom is -0.311 e. The molecule has 0 aliphatic carbocycles. The Morgan fingerprint density at radius 3 is 2.67 bits per heavy atom. The van der Waals surface area contributed by atoms with E-state index in [1.54, 1.807) is 22.5 Å². The largest absolute Gasteiger partial charge is 0.311 e. The maximum absolute atomic E-state index is 12.9. The summed E-state index contributed by atoms with van der Waals surface area (Å²) < 4.78 is 28.3. The van der Waals surface area contributed by atoms with Gasteiger partial charge in [0, 0.05) is 29.6 Å². The molecule has 2 unspecified atom stereocenters. The highest BCUT2D eigenvalue weighted by molar-refractivity contribution is 9.10. The summed E-state index contributed by atoms with van der Waals surface area (Å²) in [6.07, 6.45) is 1.67. The minimum atomic E-state index is -3.57. The molecule has 1 saturated heterocycles. The summed E-state index contributed by atoms with van der Waals surface area (Å²) in [5.74, 6) is 0. The summed E-state index contributed by atoms with van der Waals surface area (Å²) in [7, 11) is -3.57.